The van der Waals surface area contributed by atoms with E-state index in [1.54, 1.807) is 7.11 Å². The van der Waals surface area contributed by atoms with Crippen LogP contribution in [0.1, 0.15) is 34.1 Å². The number of thiocarbonyl (C=S) groups is 1. The van der Waals surface area contributed by atoms with Crippen LogP contribution < -0.4 is 0 Å². The van der Waals surface area contributed by atoms with Gasteiger partial charge in [-0.05, 0) is 34.5 Å². The van der Waals surface area contributed by atoms with E-state index in [1.165, 1.54) is 23.8 Å². The molecule has 0 aliphatic heterocycles. The van der Waals surface area contributed by atoms with Gasteiger partial charge in [0.1, 0.15) is 5.41 Å². The summed E-state index contributed by atoms with van der Waals surface area (Å²) in [6.45, 7) is 0. The summed E-state index contributed by atoms with van der Waals surface area (Å²) in [7, 11) is 3.06. The molecule has 0 unspecified atom stereocenters. The van der Waals surface area contributed by atoms with E-state index in [2.05, 4.69) is 18.2 Å². The average Bonchev–Trinajstić information content (AvgIpc) is 3.06. The number of methoxy groups -OCH3 is 2. The molecule has 4 heteroatoms. The molecule has 2 aromatic rings. The van der Waals surface area contributed by atoms with E-state index < -0.39 is 10.8 Å². The lowest BCUT2D eigenvalue weighted by Crippen LogP contribution is -2.33. The lowest BCUT2D eigenvalue weighted by Gasteiger charge is -2.23. The number of ether oxygens (including phenoxy) is 2. The lowest BCUT2D eigenvalue weighted by atomic mass is 9.83. The first-order valence-electron chi connectivity index (χ1n) is 8.02. The minimum atomic E-state index is -0.746. The number of rotatable bonds is 2. The van der Waals surface area contributed by atoms with Gasteiger partial charge in [-0.2, -0.15) is 0 Å². The van der Waals surface area contributed by atoms with Gasteiger partial charge in [-0.15, -0.1) is 0 Å². The summed E-state index contributed by atoms with van der Waals surface area (Å²) < 4.78 is 10.8. The Morgan fingerprint density at radius 1 is 0.958 bits per heavy atom. The molecule has 4 atom stereocenters. The zero-order valence-corrected chi connectivity index (χ0v) is 14.2. The molecule has 24 heavy (non-hydrogen) atoms. The summed E-state index contributed by atoms with van der Waals surface area (Å²) in [6, 6.07) is 16.5. The summed E-state index contributed by atoms with van der Waals surface area (Å²) in [5.41, 5.74) is 3.39. The number of hydrogen-bond donors (Lipinski definition) is 0. The van der Waals surface area contributed by atoms with Gasteiger partial charge in [0.2, 0.25) is 0 Å². The lowest BCUT2D eigenvalue weighted by molar-refractivity contribution is -0.144. The van der Waals surface area contributed by atoms with Crippen molar-refractivity contribution in [2.45, 2.75) is 17.3 Å². The van der Waals surface area contributed by atoms with Crippen LogP contribution in [0.5, 0.6) is 0 Å². The van der Waals surface area contributed by atoms with Crippen LogP contribution in [0.4, 0.5) is 0 Å². The van der Waals surface area contributed by atoms with E-state index in [1.807, 2.05) is 30.3 Å². The molecule has 0 bridgehead atoms. The fraction of sp³-hybridized carbons (Fsp3) is 0.300. The monoisotopic (exact) mass is 336 g/mol. The van der Waals surface area contributed by atoms with Crippen molar-refractivity contribution < 1.29 is 14.3 Å². The Kier molecular flexibility index (Phi) is 2.51. The highest BCUT2D eigenvalue weighted by Gasteiger charge is 2.93. The predicted molar refractivity (Wildman–Crippen MR) is 93.2 cm³/mol. The largest absolute Gasteiger partial charge is 0.490 e. The normalized spacial score (nSPS) is 33.2. The van der Waals surface area contributed by atoms with Gasteiger partial charge in [-0.1, -0.05) is 48.5 Å². The standard InChI is InChI=1S/C20H16O3S/c1-22-17(21)19-14-10-6-5-9-13(14)15-11-7-3-4-8-12(11)16(19)20(15,19)18(24)23-2/h3-10,15-16H,1-2H3/t15-,16+,19-,20+/m0/s1. The first-order chi connectivity index (χ1) is 11.7. The molecule has 0 saturated heterocycles. The molecular weight excluding hydrogens is 320 g/mol. The van der Waals surface area contributed by atoms with Crippen molar-refractivity contribution in [3.05, 3.63) is 70.8 Å². The summed E-state index contributed by atoms with van der Waals surface area (Å²) in [5.74, 6) is -0.154. The molecule has 0 radical (unpaired) electrons. The van der Waals surface area contributed by atoms with Gasteiger partial charge in [0.25, 0.3) is 0 Å². The van der Waals surface area contributed by atoms with E-state index >= 15 is 0 Å². The maximum absolute atomic E-state index is 13.0. The second-order valence-electron chi connectivity index (χ2n) is 6.74. The SMILES string of the molecule is COC(=O)[C@]12c3ccccc3[C@@H]3c4ccccc4[C@H]1[C@@]32C(=S)OC. The van der Waals surface area contributed by atoms with Crippen molar-refractivity contribution in [2.75, 3.05) is 14.2 Å². The highest BCUT2D eigenvalue weighted by atomic mass is 32.1. The average molecular weight is 336 g/mol. The topological polar surface area (TPSA) is 35.5 Å². The third-order valence-corrected chi connectivity index (χ3v) is 6.76. The van der Waals surface area contributed by atoms with Crippen LogP contribution >= 0.6 is 12.2 Å². The van der Waals surface area contributed by atoms with Crippen LogP contribution in [-0.4, -0.2) is 25.2 Å². The second kappa shape index (κ2) is 4.25. The van der Waals surface area contributed by atoms with Crippen molar-refractivity contribution in [1.29, 1.82) is 0 Å². The molecule has 2 aromatic carbocycles. The zero-order chi connectivity index (χ0) is 16.7. The minimum absolute atomic E-state index is 0.000926. The zero-order valence-electron chi connectivity index (χ0n) is 13.4. The molecule has 3 aliphatic rings. The van der Waals surface area contributed by atoms with Crippen molar-refractivity contribution in [2.24, 2.45) is 5.41 Å². The molecule has 0 N–H and O–H groups in total. The van der Waals surface area contributed by atoms with Crippen LogP contribution in [0.25, 0.3) is 0 Å². The van der Waals surface area contributed by atoms with Crippen LogP contribution in [0.2, 0.25) is 0 Å². The fourth-order valence-electron chi connectivity index (χ4n) is 5.67. The first kappa shape index (κ1) is 14.2. The first-order valence-corrected chi connectivity index (χ1v) is 8.43. The number of fused-ring (bicyclic) bond motifs is 7. The number of esters is 1. The molecule has 0 aromatic heterocycles. The maximum atomic E-state index is 13.0. The Labute approximate surface area is 145 Å². The van der Waals surface area contributed by atoms with E-state index in [4.69, 9.17) is 21.7 Å². The number of carbonyl (C=O) groups is 1. The summed E-state index contributed by atoms with van der Waals surface area (Å²) in [5, 5.41) is 0.510. The maximum Gasteiger partial charge on any atom is 0.318 e. The van der Waals surface area contributed by atoms with Gasteiger partial charge in [0.15, 0.2) is 5.05 Å². The number of hydrogen-bond acceptors (Lipinski definition) is 4. The van der Waals surface area contributed by atoms with Gasteiger partial charge >= 0.3 is 5.97 Å². The predicted octanol–water partition coefficient (Wildman–Crippen LogP) is 3.31. The highest BCUT2D eigenvalue weighted by molar-refractivity contribution is 7.80. The smallest absolute Gasteiger partial charge is 0.318 e. The van der Waals surface area contributed by atoms with Crippen molar-refractivity contribution >= 4 is 23.2 Å². The quantitative estimate of drug-likeness (QED) is 0.623. The molecule has 0 spiro atoms. The van der Waals surface area contributed by atoms with Gasteiger partial charge in [0.05, 0.1) is 19.6 Å². The molecule has 5 rings (SSSR count). The minimum Gasteiger partial charge on any atom is -0.490 e. The summed E-state index contributed by atoms with van der Waals surface area (Å²) >= 11 is 5.67. The van der Waals surface area contributed by atoms with Crippen molar-refractivity contribution in [1.82, 2.24) is 0 Å². The second-order valence-corrected chi connectivity index (χ2v) is 7.11. The van der Waals surface area contributed by atoms with Gasteiger partial charge in [-0.25, -0.2) is 0 Å². The van der Waals surface area contributed by atoms with Crippen LogP contribution in [-0.2, 0) is 19.7 Å². The van der Waals surface area contributed by atoms with Gasteiger partial charge in [-0.3, -0.25) is 4.79 Å². The van der Waals surface area contributed by atoms with Crippen molar-refractivity contribution in [3.63, 3.8) is 0 Å². The van der Waals surface area contributed by atoms with Crippen LogP contribution in [0, 0.1) is 5.41 Å². The Bertz CT molecular complexity index is 921. The van der Waals surface area contributed by atoms with E-state index in [-0.39, 0.29) is 17.8 Å². The van der Waals surface area contributed by atoms with Crippen LogP contribution in [0.15, 0.2) is 48.5 Å². The van der Waals surface area contributed by atoms with Gasteiger partial charge < -0.3 is 9.47 Å². The molecule has 1 saturated carbocycles. The Hall–Kier alpha value is -2.20. The Morgan fingerprint density at radius 2 is 1.58 bits per heavy atom. The fourth-order valence-corrected chi connectivity index (χ4v) is 6.07. The highest BCUT2D eigenvalue weighted by Crippen LogP contribution is 2.89. The third kappa shape index (κ3) is 1.13. The van der Waals surface area contributed by atoms with Crippen molar-refractivity contribution in [3.8, 4) is 0 Å². The molecule has 1 fully saturated rings. The van der Waals surface area contributed by atoms with Gasteiger partial charge in [0, 0.05) is 11.8 Å². The summed E-state index contributed by atoms with van der Waals surface area (Å²) in [4.78, 5) is 13.0. The third-order valence-electron chi connectivity index (χ3n) is 6.26. The number of benzene rings is 2. The Morgan fingerprint density at radius 3 is 2.25 bits per heavy atom. The Balaban J connectivity index is 1.91. The molecule has 3 nitrogen and oxygen atoms in total. The molecule has 0 heterocycles. The molecule has 3 aliphatic carbocycles. The molecule has 120 valence electrons. The van der Waals surface area contributed by atoms with E-state index in [0.29, 0.717) is 5.05 Å². The van der Waals surface area contributed by atoms with E-state index in [9.17, 15) is 4.79 Å². The van der Waals surface area contributed by atoms with E-state index in [0.717, 1.165) is 5.56 Å². The number of carbonyl (C=O) groups excluding carboxylic acids is 1. The summed E-state index contributed by atoms with van der Waals surface area (Å²) in [6.07, 6.45) is 0. The van der Waals surface area contributed by atoms with Crippen LogP contribution in [0.3, 0.4) is 0 Å². The molecule has 0 amide bonds. The molecular formula is C20H16O3S.